The van der Waals surface area contributed by atoms with Gasteiger partial charge in [-0.05, 0) is 47.5 Å². The minimum absolute atomic E-state index is 0. The van der Waals surface area contributed by atoms with E-state index in [2.05, 4.69) is 4.98 Å². The maximum absolute atomic E-state index is 11.1. The van der Waals surface area contributed by atoms with Gasteiger partial charge in [0.05, 0.1) is 11.6 Å². The molecule has 0 bridgehead atoms. The van der Waals surface area contributed by atoms with Crippen LogP contribution in [0.25, 0.3) is 0 Å². The number of rotatable bonds is 5. The fraction of sp³-hybridized carbons (Fsp3) is 0.136. The van der Waals surface area contributed by atoms with Gasteiger partial charge in [-0.15, -0.1) is 0 Å². The number of nitrogens with zero attached hydrogens (tertiary/aromatic N) is 1. The number of hydrogen-bond donors (Lipinski definition) is 0. The molecule has 2 aromatic carbocycles. The fourth-order valence-electron chi connectivity index (χ4n) is 2.87. The van der Waals surface area contributed by atoms with Crippen molar-refractivity contribution < 1.29 is 50.0 Å². The molecule has 0 amide bonds. The summed E-state index contributed by atoms with van der Waals surface area (Å²) in [5.41, 5.74) is 2.90. The molecule has 138 valence electrons. The molecule has 0 radical (unpaired) electrons. The van der Waals surface area contributed by atoms with E-state index in [1.165, 1.54) is 13.8 Å². The molecule has 0 fully saturated rings. The second kappa shape index (κ2) is 10.2. The number of ether oxygens (including phenoxy) is 2. The molecule has 0 aliphatic carbocycles. The summed E-state index contributed by atoms with van der Waals surface area (Å²) in [5.74, 6) is 0.173. The molecule has 6 heteroatoms. The van der Waals surface area contributed by atoms with Crippen LogP contribution in [-0.4, -0.2) is 16.9 Å². The summed E-state index contributed by atoms with van der Waals surface area (Å²) in [6, 6.07) is 20.5. The van der Waals surface area contributed by atoms with Crippen molar-refractivity contribution in [1.82, 2.24) is 4.98 Å². The first-order chi connectivity index (χ1) is 13.0. The van der Waals surface area contributed by atoms with E-state index in [0.29, 0.717) is 11.5 Å². The van der Waals surface area contributed by atoms with Crippen molar-refractivity contribution in [2.75, 3.05) is 0 Å². The maximum Gasteiger partial charge on any atom is 1.00 e. The average molecular weight is 385 g/mol. The molecule has 3 rings (SSSR count). The second-order valence-corrected chi connectivity index (χ2v) is 6.01. The predicted octanol–water partition coefficient (Wildman–Crippen LogP) is 1.23. The van der Waals surface area contributed by atoms with Gasteiger partial charge in [-0.1, -0.05) is 30.3 Å². The number of esters is 2. The van der Waals surface area contributed by atoms with E-state index in [1.807, 2.05) is 42.5 Å². The molecular weight excluding hydrogens is 365 g/mol. The van der Waals surface area contributed by atoms with Crippen LogP contribution < -0.4 is 39.0 Å². The minimum atomic E-state index is -0.356. The monoisotopic (exact) mass is 385 g/mol. The van der Waals surface area contributed by atoms with E-state index < -0.39 is 0 Å². The zero-order chi connectivity index (χ0) is 19.2. The van der Waals surface area contributed by atoms with Gasteiger partial charge in [0.25, 0.3) is 0 Å². The Hall–Kier alpha value is -2.47. The quantitative estimate of drug-likeness (QED) is 0.376. The molecule has 0 unspecified atom stereocenters. The van der Waals surface area contributed by atoms with Crippen molar-refractivity contribution in [3.05, 3.63) is 89.7 Å². The normalized spacial score (nSPS) is 10.1. The van der Waals surface area contributed by atoms with Crippen LogP contribution in [0.1, 0.15) is 38.0 Å². The first-order valence-corrected chi connectivity index (χ1v) is 8.50. The number of carbonyl (C=O) groups is 2. The number of hydrogen-bond acceptors (Lipinski definition) is 5. The summed E-state index contributed by atoms with van der Waals surface area (Å²) in [6.45, 7) is 2.74. The van der Waals surface area contributed by atoms with Gasteiger partial charge in [0.15, 0.2) is 0 Å². The van der Waals surface area contributed by atoms with Crippen LogP contribution in [0.5, 0.6) is 11.5 Å². The van der Waals surface area contributed by atoms with E-state index in [-0.39, 0.29) is 48.8 Å². The Labute approximate surface area is 187 Å². The summed E-state index contributed by atoms with van der Waals surface area (Å²) >= 11 is 0. The van der Waals surface area contributed by atoms with E-state index in [9.17, 15) is 9.59 Å². The molecular formula is C22H20NNaO4. The van der Waals surface area contributed by atoms with E-state index >= 15 is 0 Å². The van der Waals surface area contributed by atoms with Crippen LogP contribution in [0.15, 0.2) is 72.9 Å². The minimum Gasteiger partial charge on any atom is -1.00 e. The van der Waals surface area contributed by atoms with Crippen LogP contribution in [0.2, 0.25) is 0 Å². The summed E-state index contributed by atoms with van der Waals surface area (Å²) in [7, 11) is 0. The third kappa shape index (κ3) is 5.76. The number of aromatic nitrogens is 1. The topological polar surface area (TPSA) is 65.5 Å². The Morgan fingerprint density at radius 3 is 1.61 bits per heavy atom. The van der Waals surface area contributed by atoms with E-state index in [4.69, 9.17) is 9.47 Å². The first-order valence-electron chi connectivity index (χ1n) is 8.50. The van der Waals surface area contributed by atoms with E-state index in [1.54, 1.807) is 30.5 Å². The largest absolute Gasteiger partial charge is 1.00 e. The third-order valence-corrected chi connectivity index (χ3v) is 3.93. The predicted molar refractivity (Wildman–Crippen MR) is 102 cm³/mol. The van der Waals surface area contributed by atoms with Crippen LogP contribution in [0.3, 0.4) is 0 Å². The van der Waals surface area contributed by atoms with Crippen molar-refractivity contribution in [2.45, 2.75) is 19.8 Å². The number of carbonyl (C=O) groups excluding carboxylic acids is 2. The van der Waals surface area contributed by atoms with Gasteiger partial charge in [0.2, 0.25) is 0 Å². The Bertz CT molecular complexity index is 872. The molecule has 1 heterocycles. The number of pyridine rings is 1. The van der Waals surface area contributed by atoms with Crippen LogP contribution in [0, 0.1) is 0 Å². The van der Waals surface area contributed by atoms with Gasteiger partial charge in [-0.3, -0.25) is 14.6 Å². The van der Waals surface area contributed by atoms with Crippen molar-refractivity contribution in [3.8, 4) is 11.5 Å². The Balaban J connectivity index is 0.00000210. The van der Waals surface area contributed by atoms with Gasteiger partial charge in [0, 0.05) is 20.0 Å². The summed E-state index contributed by atoms with van der Waals surface area (Å²) < 4.78 is 10.2. The summed E-state index contributed by atoms with van der Waals surface area (Å²) in [6.07, 6.45) is 1.75. The van der Waals surface area contributed by atoms with Gasteiger partial charge in [-0.25, -0.2) is 0 Å². The molecule has 0 spiro atoms. The van der Waals surface area contributed by atoms with Crippen molar-refractivity contribution in [2.24, 2.45) is 0 Å². The Morgan fingerprint density at radius 2 is 1.25 bits per heavy atom. The zero-order valence-electron chi connectivity index (χ0n) is 17.1. The first kappa shape index (κ1) is 21.8. The molecule has 0 saturated carbocycles. The SMILES string of the molecule is CC(=O)Oc1ccc(C(c2ccc(OC(C)=O)cc2)c2ccccn2)cc1.[H-].[Na+]. The molecule has 0 aliphatic heterocycles. The molecule has 28 heavy (non-hydrogen) atoms. The summed E-state index contributed by atoms with van der Waals surface area (Å²) in [5, 5.41) is 0. The van der Waals surface area contributed by atoms with Crippen molar-refractivity contribution in [1.29, 1.82) is 0 Å². The molecule has 3 aromatic rings. The van der Waals surface area contributed by atoms with E-state index in [0.717, 1.165) is 16.8 Å². The molecule has 0 N–H and O–H groups in total. The van der Waals surface area contributed by atoms with Gasteiger partial charge in [-0.2, -0.15) is 0 Å². The second-order valence-electron chi connectivity index (χ2n) is 6.01. The average Bonchev–Trinajstić information content (AvgIpc) is 2.65. The van der Waals surface area contributed by atoms with Gasteiger partial charge < -0.3 is 10.9 Å². The van der Waals surface area contributed by atoms with Gasteiger partial charge >= 0.3 is 41.5 Å². The van der Waals surface area contributed by atoms with Crippen molar-refractivity contribution in [3.63, 3.8) is 0 Å². The molecule has 0 atom stereocenters. The van der Waals surface area contributed by atoms with Crippen LogP contribution in [-0.2, 0) is 9.59 Å². The standard InChI is InChI=1S/C22H19NO4.Na.H/c1-15(24)26-19-10-6-17(7-11-19)22(21-5-3-4-14-23-21)18-8-12-20(13-9-18)27-16(2)25;;/h3-14,22H,1-2H3;;/q;+1;-1. The molecule has 0 saturated heterocycles. The Kier molecular flexibility index (Phi) is 7.93. The Morgan fingerprint density at radius 1 is 0.786 bits per heavy atom. The maximum atomic E-state index is 11.1. The van der Waals surface area contributed by atoms with Gasteiger partial charge in [0.1, 0.15) is 11.5 Å². The third-order valence-electron chi connectivity index (χ3n) is 3.93. The number of benzene rings is 2. The van der Waals surface area contributed by atoms with Crippen LogP contribution in [0.4, 0.5) is 0 Å². The zero-order valence-corrected chi connectivity index (χ0v) is 18.1. The smallest absolute Gasteiger partial charge is 1.00 e. The molecule has 0 aliphatic rings. The molecule has 1 aromatic heterocycles. The molecule has 5 nitrogen and oxygen atoms in total. The fourth-order valence-corrected chi connectivity index (χ4v) is 2.87. The van der Waals surface area contributed by atoms with Crippen molar-refractivity contribution >= 4 is 11.9 Å². The van der Waals surface area contributed by atoms with Crippen LogP contribution >= 0.6 is 0 Å². The summed E-state index contributed by atoms with van der Waals surface area (Å²) in [4.78, 5) is 26.7.